The molecule has 1 saturated heterocycles. The highest BCUT2D eigenvalue weighted by Gasteiger charge is 2.71. The highest BCUT2D eigenvalue weighted by Crippen LogP contribution is 2.61. The standard InChI is InChI=1S/C35H25ClFNO5/c1-42-27-15-11-20(18-28(27)43-2)30-31(32(39)24-9-5-6-10-25(24)36)38-26-14-13-21(37)17-19(26)12-16-29(38)35(30)33(40)22-7-3-4-8-23(22)34(35)41/h3-18,29-31H,1-2H3/t29-,30+,31-/m1/s1. The van der Waals surface area contributed by atoms with E-state index in [1.54, 1.807) is 84.9 Å². The normalized spacial score (nSPS) is 21.0. The van der Waals surface area contributed by atoms with Gasteiger partial charge in [-0.25, -0.2) is 4.39 Å². The third-order valence-corrected chi connectivity index (χ3v) is 9.27. The average molecular weight is 594 g/mol. The molecule has 0 bridgehead atoms. The molecule has 0 unspecified atom stereocenters. The zero-order valence-electron chi connectivity index (χ0n) is 23.2. The molecular formula is C35H25ClFNO5. The smallest absolute Gasteiger partial charge is 0.187 e. The van der Waals surface area contributed by atoms with Crippen LogP contribution in [0.4, 0.5) is 10.1 Å². The predicted octanol–water partition coefficient (Wildman–Crippen LogP) is 6.81. The second-order valence-electron chi connectivity index (χ2n) is 10.9. The Morgan fingerprint density at radius 1 is 0.860 bits per heavy atom. The number of nitrogens with zero attached hydrogens (tertiary/aromatic N) is 1. The van der Waals surface area contributed by atoms with Crippen LogP contribution in [-0.2, 0) is 0 Å². The lowest BCUT2D eigenvalue weighted by atomic mass is 9.64. The quantitative estimate of drug-likeness (QED) is 0.187. The molecule has 4 aromatic carbocycles. The summed E-state index contributed by atoms with van der Waals surface area (Å²) in [6.45, 7) is 0. The van der Waals surface area contributed by atoms with Crippen LogP contribution in [-0.4, -0.2) is 43.7 Å². The zero-order valence-corrected chi connectivity index (χ0v) is 24.0. The number of methoxy groups -OCH3 is 2. The first-order valence-electron chi connectivity index (χ1n) is 13.8. The van der Waals surface area contributed by atoms with Crippen LogP contribution in [0.5, 0.6) is 11.5 Å². The lowest BCUT2D eigenvalue weighted by molar-refractivity contribution is 0.0665. The Kier molecular flexibility index (Phi) is 6.25. The lowest BCUT2D eigenvalue weighted by Gasteiger charge is -2.37. The fraction of sp³-hybridized carbons (Fsp3) is 0.171. The third-order valence-electron chi connectivity index (χ3n) is 8.94. The number of ether oxygens (including phenoxy) is 2. The topological polar surface area (TPSA) is 72.9 Å². The second-order valence-corrected chi connectivity index (χ2v) is 11.3. The Morgan fingerprint density at radius 3 is 2.21 bits per heavy atom. The van der Waals surface area contributed by atoms with Crippen molar-refractivity contribution in [1.29, 1.82) is 0 Å². The first-order chi connectivity index (χ1) is 20.8. The SMILES string of the molecule is COc1ccc([C@H]2[C@H](C(=O)c3ccccc3Cl)N3c4ccc(F)cc4C=C[C@@H]3C23C(=O)c2ccccc2C3=O)cc1OC. The van der Waals surface area contributed by atoms with Crippen LogP contribution in [0.15, 0.2) is 91.0 Å². The molecule has 0 amide bonds. The van der Waals surface area contributed by atoms with Crippen LogP contribution in [0.25, 0.3) is 6.08 Å². The number of hydrogen-bond acceptors (Lipinski definition) is 6. The van der Waals surface area contributed by atoms with E-state index in [2.05, 4.69) is 0 Å². The molecule has 0 radical (unpaired) electrons. The van der Waals surface area contributed by atoms with Crippen LogP contribution in [0.2, 0.25) is 5.02 Å². The van der Waals surface area contributed by atoms with Gasteiger partial charge in [0.15, 0.2) is 28.8 Å². The van der Waals surface area contributed by atoms with Gasteiger partial charge in [-0.1, -0.05) is 66.2 Å². The molecule has 6 nitrogen and oxygen atoms in total. The average Bonchev–Trinajstić information content (AvgIpc) is 3.46. The highest BCUT2D eigenvalue weighted by atomic mass is 35.5. The summed E-state index contributed by atoms with van der Waals surface area (Å²) < 4.78 is 25.5. The Bertz CT molecular complexity index is 1850. The monoisotopic (exact) mass is 593 g/mol. The first-order valence-corrected chi connectivity index (χ1v) is 14.2. The molecule has 3 atom stereocenters. The van der Waals surface area contributed by atoms with Gasteiger partial charge in [0.1, 0.15) is 17.3 Å². The van der Waals surface area contributed by atoms with Gasteiger partial charge < -0.3 is 14.4 Å². The number of rotatable bonds is 5. The van der Waals surface area contributed by atoms with E-state index < -0.39 is 29.2 Å². The van der Waals surface area contributed by atoms with E-state index in [0.29, 0.717) is 39.4 Å². The van der Waals surface area contributed by atoms with E-state index in [-0.39, 0.29) is 27.9 Å². The number of ketones is 3. The number of fused-ring (bicyclic) bond motifs is 5. The molecule has 1 aliphatic carbocycles. The molecule has 1 fully saturated rings. The molecule has 0 N–H and O–H groups in total. The fourth-order valence-corrected chi connectivity index (χ4v) is 7.42. The minimum atomic E-state index is -1.71. The number of hydrogen-bond donors (Lipinski definition) is 0. The maximum Gasteiger partial charge on any atom is 0.187 e. The predicted molar refractivity (Wildman–Crippen MR) is 161 cm³/mol. The third kappa shape index (κ3) is 3.67. The number of anilines is 1. The molecular weight excluding hydrogens is 569 g/mol. The van der Waals surface area contributed by atoms with E-state index in [1.165, 1.54) is 26.4 Å². The van der Waals surface area contributed by atoms with Crippen molar-refractivity contribution in [3.8, 4) is 11.5 Å². The first kappa shape index (κ1) is 27.1. The van der Waals surface area contributed by atoms with Crippen LogP contribution in [0, 0.1) is 11.2 Å². The molecule has 7 rings (SSSR count). The minimum Gasteiger partial charge on any atom is -0.493 e. The van der Waals surface area contributed by atoms with Gasteiger partial charge in [0, 0.05) is 33.9 Å². The maximum absolute atomic E-state index is 14.8. The molecule has 2 aliphatic heterocycles. The second kappa shape index (κ2) is 9.92. The van der Waals surface area contributed by atoms with Crippen LogP contribution >= 0.6 is 11.6 Å². The Balaban J connectivity index is 1.57. The summed E-state index contributed by atoms with van der Waals surface area (Å²) >= 11 is 6.58. The molecule has 2 heterocycles. The van der Waals surface area contributed by atoms with Gasteiger partial charge in [-0.3, -0.25) is 14.4 Å². The van der Waals surface area contributed by atoms with E-state index in [1.807, 2.05) is 4.90 Å². The molecule has 3 aliphatic rings. The van der Waals surface area contributed by atoms with Crippen molar-refractivity contribution in [2.75, 3.05) is 19.1 Å². The van der Waals surface area contributed by atoms with E-state index in [9.17, 15) is 18.8 Å². The summed E-state index contributed by atoms with van der Waals surface area (Å²) in [5, 5.41) is 0.246. The molecule has 4 aromatic rings. The summed E-state index contributed by atoms with van der Waals surface area (Å²) in [6.07, 6.45) is 3.47. The summed E-state index contributed by atoms with van der Waals surface area (Å²) in [6, 6.07) is 21.0. The number of carbonyl (C=O) groups excluding carboxylic acids is 3. The van der Waals surface area contributed by atoms with E-state index in [0.717, 1.165) is 0 Å². The van der Waals surface area contributed by atoms with Gasteiger partial charge in [-0.15, -0.1) is 0 Å². The molecule has 0 aromatic heterocycles. The van der Waals surface area contributed by atoms with E-state index in [4.69, 9.17) is 21.1 Å². The van der Waals surface area contributed by atoms with Crippen LogP contribution < -0.4 is 14.4 Å². The summed E-state index contributed by atoms with van der Waals surface area (Å²) in [5.41, 5.74) is 0.773. The Labute approximate surface area is 252 Å². The number of carbonyl (C=O) groups is 3. The lowest BCUT2D eigenvalue weighted by Crippen LogP contribution is -2.48. The van der Waals surface area contributed by atoms with Gasteiger partial charge in [-0.2, -0.15) is 0 Å². The zero-order chi connectivity index (χ0) is 30.0. The van der Waals surface area contributed by atoms with Crippen LogP contribution in [0.1, 0.15) is 48.1 Å². The van der Waals surface area contributed by atoms with Crippen molar-refractivity contribution < 1.29 is 28.2 Å². The largest absolute Gasteiger partial charge is 0.493 e. The summed E-state index contributed by atoms with van der Waals surface area (Å²) in [5.74, 6) is -1.68. The van der Waals surface area contributed by atoms with Crippen molar-refractivity contribution in [2.45, 2.75) is 18.0 Å². The van der Waals surface area contributed by atoms with Crippen molar-refractivity contribution in [3.63, 3.8) is 0 Å². The fourth-order valence-electron chi connectivity index (χ4n) is 7.19. The molecule has 214 valence electrons. The Morgan fingerprint density at radius 2 is 1.53 bits per heavy atom. The Hall–Kier alpha value is -4.75. The van der Waals surface area contributed by atoms with Gasteiger partial charge in [0.05, 0.1) is 25.3 Å². The van der Waals surface area contributed by atoms with Crippen molar-refractivity contribution in [2.24, 2.45) is 5.41 Å². The van der Waals surface area contributed by atoms with Crippen molar-refractivity contribution in [1.82, 2.24) is 0 Å². The number of Topliss-reactive ketones (excluding diaryl/α,β-unsaturated/α-hetero) is 3. The number of halogens is 2. The van der Waals surface area contributed by atoms with E-state index >= 15 is 0 Å². The van der Waals surface area contributed by atoms with Gasteiger partial charge in [-0.05, 0) is 48.0 Å². The van der Waals surface area contributed by atoms with Crippen LogP contribution in [0.3, 0.4) is 0 Å². The number of benzene rings is 4. The van der Waals surface area contributed by atoms with Gasteiger partial charge in [0.2, 0.25) is 0 Å². The highest BCUT2D eigenvalue weighted by molar-refractivity contribution is 6.35. The summed E-state index contributed by atoms with van der Waals surface area (Å²) in [7, 11) is 3.01. The summed E-state index contributed by atoms with van der Waals surface area (Å²) in [4.78, 5) is 46.1. The van der Waals surface area contributed by atoms with Gasteiger partial charge >= 0.3 is 0 Å². The minimum absolute atomic E-state index is 0.246. The van der Waals surface area contributed by atoms with Crippen molar-refractivity contribution >= 4 is 40.7 Å². The van der Waals surface area contributed by atoms with Gasteiger partial charge in [0.25, 0.3) is 0 Å². The molecule has 1 spiro atoms. The van der Waals surface area contributed by atoms with Crippen molar-refractivity contribution in [3.05, 3.63) is 130 Å². The maximum atomic E-state index is 14.8. The molecule has 43 heavy (non-hydrogen) atoms. The molecule has 0 saturated carbocycles. The molecule has 8 heteroatoms.